The molecule has 1 aliphatic heterocycles. The van der Waals surface area contributed by atoms with Crippen LogP contribution in [0.1, 0.15) is 169 Å². The fraction of sp³-hybridized carbons (Fsp3) is 0.711. The zero-order chi connectivity index (χ0) is 39.1. The van der Waals surface area contributed by atoms with E-state index >= 15 is 0 Å². The predicted octanol–water partition coefficient (Wildman–Crippen LogP) is 11.4. The maximum atomic E-state index is 13.5. The molecule has 0 spiro atoms. The van der Waals surface area contributed by atoms with Crippen LogP contribution in [-0.2, 0) is 61.5 Å². The topological polar surface area (TPSA) is 66.8 Å². The number of nitrogens with zero attached hydrogens (tertiary/aromatic N) is 1. The summed E-state index contributed by atoms with van der Waals surface area (Å²) in [5.74, 6) is 0.258. The second-order valence-electron chi connectivity index (χ2n) is 20.6. The molecule has 0 radical (unpaired) electrons. The number of aromatic hydroxyl groups is 1. The molecule has 291 valence electrons. The standard InChI is InChI=1S/C29H48NO2.C16H25O.Co.O/c1-13-30-28(9,10)18-22(19-29(30,11)12)32-25(31)15-14-21-16-23(26(3,4)5)20(2)24(17-21)27(6,7)8;1-8-11-9-12(15(2,3)4)14(17)13(10-11)16(5,6)7;;/h16-17,22H,1,13-15,18-19H2,2-12H3;9-10,17H,1,8H2,2-7H3;;. The van der Waals surface area contributed by atoms with Gasteiger partial charge in [-0.1, -0.05) is 41.5 Å². The Morgan fingerprint density at radius 2 is 1.12 bits per heavy atom. The van der Waals surface area contributed by atoms with Crippen LogP contribution in [0.25, 0.3) is 0 Å². The number of phenolic OH excluding ortho intramolecular Hbond substituents is 1. The Morgan fingerprint density at radius 3 is 1.53 bits per heavy atom. The molecule has 1 fully saturated rings. The molecule has 1 saturated heterocycles. The number of aryl methyl sites for hydroxylation is 2. The van der Waals surface area contributed by atoms with E-state index in [9.17, 15) is 13.8 Å². The van der Waals surface area contributed by atoms with Gasteiger partial charge in [-0.2, -0.15) is 0 Å². The van der Waals surface area contributed by atoms with E-state index < -0.39 is 13.6 Å². The summed E-state index contributed by atoms with van der Waals surface area (Å²) >= 11 is -1.38. The molecule has 51 heavy (non-hydrogen) atoms. The number of ether oxygens (including phenoxy) is 1. The van der Waals surface area contributed by atoms with Crippen molar-refractivity contribution >= 4 is 5.97 Å². The van der Waals surface area contributed by atoms with Crippen molar-refractivity contribution in [2.75, 3.05) is 6.54 Å². The summed E-state index contributed by atoms with van der Waals surface area (Å²) in [6, 6.07) is 8.81. The van der Waals surface area contributed by atoms with Crippen molar-refractivity contribution in [2.45, 2.75) is 199 Å². The third-order valence-corrected chi connectivity index (χ3v) is 12.4. The first-order chi connectivity index (χ1) is 22.9. The van der Waals surface area contributed by atoms with E-state index in [0.717, 1.165) is 42.5 Å². The van der Waals surface area contributed by atoms with Crippen LogP contribution in [0.3, 0.4) is 0 Å². The van der Waals surface area contributed by atoms with Crippen LogP contribution in [0, 0.1) is 6.92 Å². The van der Waals surface area contributed by atoms with Gasteiger partial charge in [0.2, 0.25) is 0 Å². The second kappa shape index (κ2) is 15.4. The van der Waals surface area contributed by atoms with Crippen LogP contribution < -0.4 is 0 Å². The second-order valence-corrected chi connectivity index (χ2v) is 22.8. The Morgan fingerprint density at radius 1 is 0.725 bits per heavy atom. The summed E-state index contributed by atoms with van der Waals surface area (Å²) in [6.07, 6.45) is 3.12. The van der Waals surface area contributed by atoms with Gasteiger partial charge in [-0.05, 0) is 34.4 Å². The van der Waals surface area contributed by atoms with Gasteiger partial charge in [0.15, 0.2) is 0 Å². The molecule has 5 nitrogen and oxygen atoms in total. The molecule has 2 aromatic rings. The smallest absolute Gasteiger partial charge is 0.0561 e. The van der Waals surface area contributed by atoms with E-state index in [-0.39, 0.29) is 44.8 Å². The zero-order valence-corrected chi connectivity index (χ0v) is 36.5. The number of likely N-dealkylation sites (tertiary alicyclic amines) is 1. The zero-order valence-electron chi connectivity index (χ0n) is 35.5. The van der Waals surface area contributed by atoms with Crippen molar-refractivity contribution in [1.29, 1.82) is 0 Å². The number of hydrogen-bond acceptors (Lipinski definition) is 5. The number of piperidine rings is 1. The minimum Gasteiger partial charge on any atom is -0.0561 e. The average molecular weight is 751 g/mol. The van der Waals surface area contributed by atoms with E-state index in [4.69, 9.17) is 4.74 Å². The maximum absolute atomic E-state index is 13.5. The van der Waals surface area contributed by atoms with Gasteiger partial charge in [-0.25, -0.2) is 0 Å². The fourth-order valence-electron chi connectivity index (χ4n) is 8.29. The summed E-state index contributed by atoms with van der Waals surface area (Å²) < 4.78 is 19.7. The number of rotatable bonds is 10. The Labute approximate surface area is 316 Å². The van der Waals surface area contributed by atoms with Crippen molar-refractivity contribution in [3.8, 4) is 5.75 Å². The molecule has 0 atom stereocenters. The predicted molar refractivity (Wildman–Crippen MR) is 210 cm³/mol. The SMILES string of the molecule is Cc1c(C(C)(C)C)cc(CCC(=O)OC2CC(C)(C)N(C[CH2][Co](=[O])[CH2]Cc3cc(C(C)(C)C)c(O)c(C(C)(C)C)c3)C(C)(C)C2)cc1C(C)(C)C. The Balaban J connectivity index is 1.63. The summed E-state index contributed by atoms with van der Waals surface area (Å²) in [4.78, 5) is 15.8. The minimum atomic E-state index is -1.38. The van der Waals surface area contributed by atoms with Crippen molar-refractivity contribution in [3.63, 3.8) is 0 Å². The van der Waals surface area contributed by atoms with Gasteiger partial charge >= 0.3 is 242 Å². The van der Waals surface area contributed by atoms with Gasteiger partial charge < -0.3 is 0 Å². The molecule has 6 heteroatoms. The fourth-order valence-corrected chi connectivity index (χ4v) is 9.64. The van der Waals surface area contributed by atoms with E-state index in [1.54, 1.807) is 0 Å². The summed E-state index contributed by atoms with van der Waals surface area (Å²) in [7, 11) is 0. The molecule has 0 aliphatic carbocycles. The molecule has 3 rings (SSSR count). The Bertz CT molecular complexity index is 1480. The first kappa shape index (κ1) is 43.4. The van der Waals surface area contributed by atoms with Gasteiger partial charge in [0.1, 0.15) is 0 Å². The van der Waals surface area contributed by atoms with Crippen LogP contribution in [0.2, 0.25) is 10.7 Å². The molecule has 2 aromatic carbocycles. The van der Waals surface area contributed by atoms with Crippen molar-refractivity contribution < 1.29 is 32.1 Å². The molecule has 0 saturated carbocycles. The van der Waals surface area contributed by atoms with Gasteiger partial charge in [0.25, 0.3) is 0 Å². The van der Waals surface area contributed by atoms with Crippen molar-refractivity contribution in [2.24, 2.45) is 0 Å². The summed E-state index contributed by atoms with van der Waals surface area (Å²) in [6.45, 7) is 38.2. The van der Waals surface area contributed by atoms with Crippen molar-refractivity contribution in [1.82, 2.24) is 4.90 Å². The van der Waals surface area contributed by atoms with Crippen LogP contribution in [0.15, 0.2) is 24.3 Å². The molecular weight excluding hydrogens is 677 g/mol. The summed E-state index contributed by atoms with van der Waals surface area (Å²) in [5, 5.41) is 12.4. The van der Waals surface area contributed by atoms with E-state index in [1.807, 2.05) is 0 Å². The average Bonchev–Trinajstić information content (AvgIpc) is 2.92. The van der Waals surface area contributed by atoms with Crippen LogP contribution in [-0.4, -0.2) is 39.7 Å². The molecule has 0 unspecified atom stereocenters. The van der Waals surface area contributed by atoms with E-state index in [1.165, 1.54) is 22.3 Å². The number of carbonyl (C=O) groups excluding carboxylic acids is 1. The molecule has 0 bridgehead atoms. The molecular formula is C45H73CoNO4. The van der Waals surface area contributed by atoms with E-state index in [2.05, 4.69) is 147 Å². The monoisotopic (exact) mass is 750 g/mol. The third kappa shape index (κ3) is 11.2. The van der Waals surface area contributed by atoms with E-state index in [0.29, 0.717) is 29.3 Å². The number of phenols is 1. The first-order valence-electron chi connectivity index (χ1n) is 19.1. The number of benzene rings is 2. The van der Waals surface area contributed by atoms with Gasteiger partial charge in [-0.15, -0.1) is 0 Å². The Hall–Kier alpha value is -2.02. The molecule has 0 amide bonds. The third-order valence-electron chi connectivity index (χ3n) is 10.7. The van der Waals surface area contributed by atoms with Gasteiger partial charge in [-0.3, -0.25) is 0 Å². The van der Waals surface area contributed by atoms with Crippen molar-refractivity contribution in [3.05, 3.63) is 63.2 Å². The minimum absolute atomic E-state index is 0.0258. The van der Waals surface area contributed by atoms with Crippen LogP contribution in [0.5, 0.6) is 5.75 Å². The first-order valence-corrected chi connectivity index (χ1v) is 21.0. The normalized spacial score (nSPS) is 17.8. The number of esters is 1. The van der Waals surface area contributed by atoms with Gasteiger partial charge in [0.05, 0.1) is 0 Å². The number of hydrogen-bond donors (Lipinski definition) is 1. The molecule has 1 N–H and O–H groups in total. The molecule has 1 heterocycles. The molecule has 1 aliphatic rings. The Kier molecular flexibility index (Phi) is 13.1. The van der Waals surface area contributed by atoms with Crippen LogP contribution in [0.4, 0.5) is 0 Å². The molecule has 0 aromatic heterocycles. The summed E-state index contributed by atoms with van der Waals surface area (Å²) in [5.41, 5.74) is 7.55. The quantitative estimate of drug-likeness (QED) is 0.245. The van der Waals surface area contributed by atoms with Gasteiger partial charge in [0, 0.05) is 0 Å². The van der Waals surface area contributed by atoms with Crippen LogP contribution >= 0.6 is 0 Å². The number of carbonyl (C=O) groups is 1.